The van der Waals surface area contributed by atoms with E-state index < -0.39 is 12.1 Å². The van der Waals surface area contributed by atoms with E-state index in [1.54, 1.807) is 0 Å². The fraction of sp³-hybridized carbons (Fsp3) is 0.558. The van der Waals surface area contributed by atoms with Crippen LogP contribution in [-0.2, 0) is 32.1 Å². The van der Waals surface area contributed by atoms with Crippen molar-refractivity contribution in [3.8, 4) is 11.1 Å². The Labute approximate surface area is 307 Å². The first kappa shape index (κ1) is 34.5. The lowest BCUT2D eigenvalue weighted by Gasteiger charge is -2.56. The van der Waals surface area contributed by atoms with Crippen molar-refractivity contribution >= 4 is 6.03 Å². The molecule has 9 heteroatoms. The van der Waals surface area contributed by atoms with Crippen molar-refractivity contribution in [3.63, 3.8) is 0 Å². The van der Waals surface area contributed by atoms with Crippen LogP contribution in [0.1, 0.15) is 92.4 Å². The highest BCUT2D eigenvalue weighted by Gasteiger charge is 2.51. The molecule has 3 heterocycles. The number of carbonyl (C=O) groups excluding carboxylic acids is 1. The third-order valence-corrected chi connectivity index (χ3v) is 12.8. The van der Waals surface area contributed by atoms with Gasteiger partial charge in [-0.05, 0) is 90.2 Å². The highest BCUT2D eigenvalue weighted by molar-refractivity contribution is 5.75. The van der Waals surface area contributed by atoms with Crippen molar-refractivity contribution < 1.29 is 28.8 Å². The molecule has 4 saturated carbocycles. The number of aliphatic hydroxyl groups is 1. The fourth-order valence-corrected chi connectivity index (χ4v) is 10.6. The molecule has 3 aromatic carbocycles. The molecule has 3 atom stereocenters. The maximum atomic E-state index is 13.1. The van der Waals surface area contributed by atoms with Gasteiger partial charge >= 0.3 is 6.03 Å². The summed E-state index contributed by atoms with van der Waals surface area (Å²) in [6.07, 6.45) is 9.41. The lowest BCUT2D eigenvalue weighted by molar-refractivity contribution is -0.255. The third-order valence-electron chi connectivity index (χ3n) is 12.8. The Bertz CT molecular complexity index is 1660. The zero-order valence-corrected chi connectivity index (χ0v) is 30.1. The van der Waals surface area contributed by atoms with Crippen molar-refractivity contribution in [2.24, 2.45) is 17.8 Å². The fourth-order valence-electron chi connectivity index (χ4n) is 10.6. The second-order valence-corrected chi connectivity index (χ2v) is 16.6. The summed E-state index contributed by atoms with van der Waals surface area (Å²) >= 11 is 0. The molecule has 3 aliphatic heterocycles. The quantitative estimate of drug-likeness (QED) is 0.220. The van der Waals surface area contributed by atoms with Crippen LogP contribution in [0.2, 0.25) is 0 Å². The van der Waals surface area contributed by atoms with E-state index in [1.807, 2.05) is 12.1 Å². The molecule has 9 nitrogen and oxygen atoms in total. The number of carbonyl (C=O) groups is 1. The van der Waals surface area contributed by atoms with Crippen molar-refractivity contribution in [1.29, 1.82) is 0 Å². The molecular formula is C43H53N3O6. The second kappa shape index (κ2) is 14.5. The Morgan fingerprint density at radius 2 is 1.44 bits per heavy atom. The van der Waals surface area contributed by atoms with E-state index in [2.05, 4.69) is 76.2 Å². The van der Waals surface area contributed by atoms with Gasteiger partial charge in [0, 0.05) is 56.5 Å². The largest absolute Gasteiger partial charge is 0.392 e. The molecule has 3 unspecified atom stereocenters. The lowest BCUT2D eigenvalue weighted by atomic mass is 9.53. The Kier molecular flexibility index (Phi) is 9.60. The van der Waals surface area contributed by atoms with Crippen LogP contribution in [0.3, 0.4) is 0 Å². The molecule has 3 aromatic rings. The van der Waals surface area contributed by atoms with Crippen molar-refractivity contribution in [3.05, 3.63) is 95.1 Å². The van der Waals surface area contributed by atoms with Crippen molar-refractivity contribution in [2.45, 2.75) is 101 Å². The van der Waals surface area contributed by atoms with Crippen LogP contribution in [0, 0.1) is 17.8 Å². The SMILES string of the molecule is O=C(NCc1cccc(-c2ccc(C3OC(CN4CCC5(CC4)OCCO5)CC(c4ccc(CO)cc4)O3)cc2)c1)NC12CC3CC(CC(C3)C1)C2. The molecule has 10 rings (SSSR count). The van der Waals surface area contributed by atoms with Crippen LogP contribution in [0.5, 0.6) is 0 Å². The summed E-state index contributed by atoms with van der Waals surface area (Å²) in [7, 11) is 0. The summed E-state index contributed by atoms with van der Waals surface area (Å²) in [6, 6.07) is 24.9. The number of nitrogens with one attached hydrogen (secondary N) is 2. The van der Waals surface area contributed by atoms with Gasteiger partial charge in [0.2, 0.25) is 0 Å². The first-order valence-corrected chi connectivity index (χ1v) is 19.7. The molecule has 0 radical (unpaired) electrons. The Morgan fingerprint density at radius 3 is 2.12 bits per heavy atom. The van der Waals surface area contributed by atoms with E-state index in [-0.39, 0.29) is 30.4 Å². The smallest absolute Gasteiger partial charge is 0.315 e. The molecule has 1 spiro atoms. The molecule has 52 heavy (non-hydrogen) atoms. The monoisotopic (exact) mass is 707 g/mol. The summed E-state index contributed by atoms with van der Waals surface area (Å²) in [5.74, 6) is 2.00. The van der Waals surface area contributed by atoms with E-state index in [9.17, 15) is 9.90 Å². The minimum atomic E-state index is -0.504. The van der Waals surface area contributed by atoms with Gasteiger partial charge in [0.05, 0.1) is 32.0 Å². The summed E-state index contributed by atoms with van der Waals surface area (Å²) in [5.41, 5.74) is 6.26. The average molecular weight is 708 g/mol. The highest BCUT2D eigenvalue weighted by atomic mass is 16.7. The maximum absolute atomic E-state index is 13.1. The van der Waals surface area contributed by atoms with Crippen LogP contribution >= 0.6 is 0 Å². The molecule has 4 bridgehead atoms. The van der Waals surface area contributed by atoms with E-state index >= 15 is 0 Å². The van der Waals surface area contributed by atoms with Crippen molar-refractivity contribution in [2.75, 3.05) is 32.8 Å². The maximum Gasteiger partial charge on any atom is 0.315 e. The van der Waals surface area contributed by atoms with Crippen LogP contribution in [0.4, 0.5) is 4.79 Å². The van der Waals surface area contributed by atoms with Crippen LogP contribution < -0.4 is 10.6 Å². The van der Waals surface area contributed by atoms with Crippen LogP contribution in [0.15, 0.2) is 72.8 Å². The molecule has 7 aliphatic rings. The minimum Gasteiger partial charge on any atom is -0.392 e. The zero-order valence-electron chi connectivity index (χ0n) is 30.1. The molecule has 3 N–H and O–H groups in total. The Hall–Kier alpha value is -3.31. The first-order chi connectivity index (χ1) is 25.4. The number of hydrogen-bond acceptors (Lipinski definition) is 7. The number of ether oxygens (including phenoxy) is 4. The molecule has 0 aromatic heterocycles. The molecule has 3 saturated heterocycles. The standard InChI is InChI=1S/C43H53N3O6/c47-28-29-4-6-35(7-5-29)39-22-38(27-46-14-12-43(13-15-46)49-16-17-50-43)51-40(52-39)36-10-8-34(9-11-36)37-3-1-2-30(21-37)26-44-41(48)45-42-23-31-18-32(24-42)20-33(19-31)25-42/h1-11,21,31-33,38-40,47H,12-20,22-28H2,(H2,44,45,48). The average Bonchev–Trinajstić information content (AvgIpc) is 3.62. The van der Waals surface area contributed by atoms with Gasteiger partial charge in [0.25, 0.3) is 0 Å². The number of likely N-dealkylation sites (tertiary alicyclic amines) is 1. The zero-order chi connectivity index (χ0) is 35.1. The van der Waals surface area contributed by atoms with Gasteiger partial charge < -0.3 is 39.6 Å². The summed E-state index contributed by atoms with van der Waals surface area (Å²) in [5, 5.41) is 16.2. The second-order valence-electron chi connectivity index (χ2n) is 16.6. The predicted octanol–water partition coefficient (Wildman–Crippen LogP) is 7.00. The molecular weight excluding hydrogens is 654 g/mol. The molecule has 2 amide bonds. The number of benzene rings is 3. The van der Waals surface area contributed by atoms with Gasteiger partial charge in [-0.2, -0.15) is 0 Å². The van der Waals surface area contributed by atoms with E-state index in [4.69, 9.17) is 18.9 Å². The van der Waals surface area contributed by atoms with Crippen LogP contribution in [-0.4, -0.2) is 66.3 Å². The van der Waals surface area contributed by atoms with Gasteiger partial charge in [-0.25, -0.2) is 4.79 Å². The minimum absolute atomic E-state index is 0.00950. The predicted molar refractivity (Wildman–Crippen MR) is 197 cm³/mol. The number of nitrogens with zero attached hydrogens (tertiary/aromatic N) is 1. The highest BCUT2D eigenvalue weighted by Crippen LogP contribution is 2.55. The summed E-state index contributed by atoms with van der Waals surface area (Å²) in [4.78, 5) is 15.6. The van der Waals surface area contributed by atoms with Crippen LogP contribution in [0.25, 0.3) is 11.1 Å². The lowest BCUT2D eigenvalue weighted by Crippen LogP contribution is -2.61. The van der Waals surface area contributed by atoms with Crippen molar-refractivity contribution in [1.82, 2.24) is 15.5 Å². The van der Waals surface area contributed by atoms with Gasteiger partial charge in [0.1, 0.15) is 0 Å². The number of rotatable bonds is 9. The summed E-state index contributed by atoms with van der Waals surface area (Å²) < 4.78 is 25.3. The van der Waals surface area contributed by atoms with E-state index in [0.717, 1.165) is 109 Å². The van der Waals surface area contributed by atoms with E-state index in [0.29, 0.717) is 19.8 Å². The number of aliphatic hydroxyl groups excluding tert-OH is 1. The third kappa shape index (κ3) is 7.41. The van der Waals surface area contributed by atoms with Gasteiger partial charge in [0.15, 0.2) is 12.1 Å². The Balaban J connectivity index is 0.847. The topological polar surface area (TPSA) is 102 Å². The first-order valence-electron chi connectivity index (χ1n) is 19.7. The molecule has 4 aliphatic carbocycles. The Morgan fingerprint density at radius 1 is 0.769 bits per heavy atom. The number of piperidine rings is 1. The number of urea groups is 1. The molecule has 276 valence electrons. The molecule has 7 fully saturated rings. The number of hydrogen-bond donors (Lipinski definition) is 3. The van der Waals surface area contributed by atoms with E-state index in [1.165, 1.54) is 19.3 Å². The van der Waals surface area contributed by atoms with Gasteiger partial charge in [-0.15, -0.1) is 0 Å². The summed E-state index contributed by atoms with van der Waals surface area (Å²) in [6.45, 7) is 4.53. The van der Waals surface area contributed by atoms with Gasteiger partial charge in [-0.3, -0.25) is 0 Å². The van der Waals surface area contributed by atoms with Gasteiger partial charge in [-0.1, -0.05) is 66.7 Å². The normalized spacial score (nSPS) is 32.2. The number of amides is 2.